The van der Waals surface area contributed by atoms with Gasteiger partial charge >= 0.3 is 5.97 Å². The van der Waals surface area contributed by atoms with E-state index >= 15 is 0 Å². The molecule has 0 bridgehead atoms. The summed E-state index contributed by atoms with van der Waals surface area (Å²) in [4.78, 5) is 24.0. The maximum Gasteiger partial charge on any atom is 0.354 e. The number of nitrogens with one attached hydrogen (secondary N) is 1. The highest BCUT2D eigenvalue weighted by Crippen LogP contribution is 2.16. The normalized spacial score (nSPS) is 10.9. The fraction of sp³-hybridized carbons (Fsp3) is 0.0588. The van der Waals surface area contributed by atoms with Gasteiger partial charge < -0.3 is 10.1 Å². The van der Waals surface area contributed by atoms with E-state index in [0.717, 1.165) is 4.47 Å². The fourth-order valence-electron chi connectivity index (χ4n) is 1.76. The first-order valence-electron chi connectivity index (χ1n) is 6.52. The second-order valence-corrected chi connectivity index (χ2v) is 5.33. The molecular weight excluding hydrogens is 346 g/mol. The Kier molecular flexibility index (Phi) is 5.49. The molecule has 1 N–H and O–H groups in total. The van der Waals surface area contributed by atoms with Gasteiger partial charge in [-0.15, -0.1) is 0 Å². The van der Waals surface area contributed by atoms with Crippen LogP contribution in [0.2, 0.25) is 0 Å². The van der Waals surface area contributed by atoms with Crippen molar-refractivity contribution in [2.75, 3.05) is 12.4 Å². The number of halogens is 1. The quantitative estimate of drug-likeness (QED) is 0.501. The minimum Gasteiger partial charge on any atom is -0.464 e. The van der Waals surface area contributed by atoms with E-state index in [9.17, 15) is 9.59 Å². The molecule has 2 aromatic rings. The first kappa shape index (κ1) is 16.0. The van der Waals surface area contributed by atoms with Crippen molar-refractivity contribution in [3.8, 4) is 0 Å². The molecule has 0 radical (unpaired) electrons. The molecule has 2 rings (SSSR count). The summed E-state index contributed by atoms with van der Waals surface area (Å²) in [5.74, 6) is -0.877. The van der Waals surface area contributed by atoms with Crippen molar-refractivity contribution in [3.05, 3.63) is 76.4 Å². The van der Waals surface area contributed by atoms with Gasteiger partial charge in [-0.2, -0.15) is 0 Å². The Balaban J connectivity index is 2.26. The zero-order chi connectivity index (χ0) is 15.9. The lowest BCUT2D eigenvalue weighted by atomic mass is 10.1. The average Bonchev–Trinajstić information content (AvgIpc) is 2.56. The number of methoxy groups -OCH3 is 1. The molecule has 0 fully saturated rings. The number of anilines is 1. The lowest BCUT2D eigenvalue weighted by molar-refractivity contribution is -0.135. The SMILES string of the molecule is COC(=O)C(=CC(=O)c1ccccc1)Nc1ccc(Br)cc1. The highest BCUT2D eigenvalue weighted by molar-refractivity contribution is 9.10. The van der Waals surface area contributed by atoms with E-state index in [0.29, 0.717) is 11.3 Å². The molecule has 2 aromatic carbocycles. The highest BCUT2D eigenvalue weighted by Gasteiger charge is 2.13. The van der Waals surface area contributed by atoms with Crippen molar-refractivity contribution in [1.29, 1.82) is 0 Å². The molecule has 0 aliphatic rings. The van der Waals surface area contributed by atoms with Crippen LogP contribution in [-0.4, -0.2) is 18.9 Å². The zero-order valence-corrected chi connectivity index (χ0v) is 13.5. The van der Waals surface area contributed by atoms with Crippen molar-refractivity contribution in [3.63, 3.8) is 0 Å². The molecule has 112 valence electrons. The predicted octanol–water partition coefficient (Wildman–Crippen LogP) is 3.80. The number of allylic oxidation sites excluding steroid dienone is 1. The molecule has 4 nitrogen and oxygen atoms in total. The van der Waals surface area contributed by atoms with Gasteiger partial charge in [0, 0.05) is 21.8 Å². The number of carbonyl (C=O) groups is 2. The maximum absolute atomic E-state index is 12.2. The summed E-state index contributed by atoms with van der Waals surface area (Å²) in [6.07, 6.45) is 1.24. The van der Waals surface area contributed by atoms with Crippen LogP contribution in [0.1, 0.15) is 10.4 Å². The van der Waals surface area contributed by atoms with Crippen LogP contribution in [0, 0.1) is 0 Å². The molecule has 0 heterocycles. The van der Waals surface area contributed by atoms with Gasteiger partial charge in [0.05, 0.1) is 7.11 Å². The lowest BCUT2D eigenvalue weighted by Gasteiger charge is -2.09. The second kappa shape index (κ2) is 7.56. The Hall–Kier alpha value is -2.40. The molecule has 5 heteroatoms. The highest BCUT2D eigenvalue weighted by atomic mass is 79.9. The van der Waals surface area contributed by atoms with E-state index in [4.69, 9.17) is 4.74 Å². The van der Waals surface area contributed by atoms with Crippen LogP contribution in [0.3, 0.4) is 0 Å². The molecule has 0 amide bonds. The number of benzene rings is 2. The van der Waals surface area contributed by atoms with Crippen LogP contribution in [0.15, 0.2) is 70.8 Å². The molecule has 0 spiro atoms. The van der Waals surface area contributed by atoms with Crippen LogP contribution in [0.4, 0.5) is 5.69 Å². The zero-order valence-electron chi connectivity index (χ0n) is 11.9. The van der Waals surface area contributed by atoms with Gasteiger partial charge in [0.1, 0.15) is 5.70 Å². The van der Waals surface area contributed by atoms with E-state index in [1.165, 1.54) is 13.2 Å². The molecule has 0 aliphatic carbocycles. The van der Waals surface area contributed by atoms with Gasteiger partial charge in [-0.3, -0.25) is 4.79 Å². The number of ether oxygens (including phenoxy) is 1. The van der Waals surface area contributed by atoms with Crippen molar-refractivity contribution in [2.45, 2.75) is 0 Å². The average molecular weight is 360 g/mol. The number of ketones is 1. The van der Waals surface area contributed by atoms with Gasteiger partial charge in [-0.1, -0.05) is 46.3 Å². The summed E-state index contributed by atoms with van der Waals surface area (Å²) < 4.78 is 5.63. The van der Waals surface area contributed by atoms with E-state index < -0.39 is 5.97 Å². The van der Waals surface area contributed by atoms with Crippen LogP contribution < -0.4 is 5.32 Å². The summed E-state index contributed by atoms with van der Waals surface area (Å²) in [5.41, 5.74) is 1.26. The topological polar surface area (TPSA) is 55.4 Å². The predicted molar refractivity (Wildman–Crippen MR) is 88.6 cm³/mol. The minimum atomic E-state index is -0.604. The second-order valence-electron chi connectivity index (χ2n) is 4.41. The van der Waals surface area contributed by atoms with E-state index in [1.54, 1.807) is 36.4 Å². The number of rotatable bonds is 5. The van der Waals surface area contributed by atoms with Crippen molar-refractivity contribution >= 4 is 33.4 Å². The number of hydrogen-bond acceptors (Lipinski definition) is 4. The molecule has 0 aromatic heterocycles. The maximum atomic E-state index is 12.2. The van der Waals surface area contributed by atoms with Crippen LogP contribution in [-0.2, 0) is 9.53 Å². The Labute approximate surface area is 136 Å². The largest absolute Gasteiger partial charge is 0.464 e. The summed E-state index contributed by atoms with van der Waals surface area (Å²) in [6.45, 7) is 0. The number of hydrogen-bond donors (Lipinski definition) is 1. The molecule has 0 atom stereocenters. The van der Waals surface area contributed by atoms with Gasteiger partial charge in [-0.05, 0) is 24.3 Å². The third-order valence-corrected chi connectivity index (χ3v) is 3.39. The van der Waals surface area contributed by atoms with Crippen molar-refractivity contribution in [1.82, 2.24) is 0 Å². The monoisotopic (exact) mass is 359 g/mol. The van der Waals surface area contributed by atoms with Gasteiger partial charge in [0.15, 0.2) is 5.78 Å². The standard InChI is InChI=1S/C17H14BrNO3/c1-22-17(21)15(19-14-9-7-13(18)8-10-14)11-16(20)12-5-3-2-4-6-12/h2-11,19H,1H3. The molecule has 22 heavy (non-hydrogen) atoms. The third kappa shape index (κ3) is 4.30. The van der Waals surface area contributed by atoms with E-state index in [1.807, 2.05) is 18.2 Å². The molecule has 0 aliphatic heterocycles. The summed E-state index contributed by atoms with van der Waals surface area (Å²) in [6, 6.07) is 16.0. The van der Waals surface area contributed by atoms with Gasteiger partial charge in [0.25, 0.3) is 0 Å². The first-order chi connectivity index (χ1) is 10.6. The van der Waals surface area contributed by atoms with Crippen LogP contribution in [0.25, 0.3) is 0 Å². The summed E-state index contributed by atoms with van der Waals surface area (Å²) >= 11 is 3.34. The number of carbonyl (C=O) groups excluding carboxylic acids is 2. The molecule has 0 unspecified atom stereocenters. The Morgan fingerprint density at radius 3 is 2.27 bits per heavy atom. The molecule has 0 saturated carbocycles. The Morgan fingerprint density at radius 1 is 1.05 bits per heavy atom. The van der Waals surface area contributed by atoms with Crippen molar-refractivity contribution < 1.29 is 14.3 Å². The summed E-state index contributed by atoms with van der Waals surface area (Å²) in [7, 11) is 1.27. The lowest BCUT2D eigenvalue weighted by Crippen LogP contribution is -2.15. The third-order valence-electron chi connectivity index (χ3n) is 2.86. The smallest absolute Gasteiger partial charge is 0.354 e. The van der Waals surface area contributed by atoms with Gasteiger partial charge in [-0.25, -0.2) is 4.79 Å². The minimum absolute atomic E-state index is 0.0821. The van der Waals surface area contributed by atoms with Gasteiger partial charge in [0.2, 0.25) is 0 Å². The molecular formula is C17H14BrNO3. The Morgan fingerprint density at radius 2 is 1.68 bits per heavy atom. The Bertz CT molecular complexity index is 694. The molecule has 0 saturated heterocycles. The van der Waals surface area contributed by atoms with E-state index in [2.05, 4.69) is 21.2 Å². The summed E-state index contributed by atoms with van der Waals surface area (Å²) in [5, 5.41) is 2.90. The van der Waals surface area contributed by atoms with Crippen molar-refractivity contribution in [2.24, 2.45) is 0 Å². The number of esters is 1. The van der Waals surface area contributed by atoms with E-state index in [-0.39, 0.29) is 11.5 Å². The van der Waals surface area contributed by atoms with Crippen LogP contribution >= 0.6 is 15.9 Å². The first-order valence-corrected chi connectivity index (χ1v) is 7.31. The van der Waals surface area contributed by atoms with Crippen LogP contribution in [0.5, 0.6) is 0 Å². The fourth-order valence-corrected chi connectivity index (χ4v) is 2.03.